The molecule has 3 rings (SSSR count). The van der Waals surface area contributed by atoms with Crippen molar-refractivity contribution in [1.29, 1.82) is 0 Å². The van der Waals surface area contributed by atoms with Crippen molar-refractivity contribution >= 4 is 5.91 Å². The van der Waals surface area contributed by atoms with E-state index in [9.17, 15) is 4.79 Å². The molecule has 2 unspecified atom stereocenters. The van der Waals surface area contributed by atoms with Crippen LogP contribution in [0.15, 0.2) is 42.5 Å². The summed E-state index contributed by atoms with van der Waals surface area (Å²) >= 11 is 0. The highest BCUT2D eigenvalue weighted by molar-refractivity contribution is 5.87. The maximum Gasteiger partial charge on any atom is 0.246 e. The van der Waals surface area contributed by atoms with Gasteiger partial charge in [-0.3, -0.25) is 4.79 Å². The second-order valence-corrected chi connectivity index (χ2v) is 7.50. The van der Waals surface area contributed by atoms with E-state index in [4.69, 9.17) is 9.47 Å². The highest BCUT2D eigenvalue weighted by Gasteiger charge is 2.47. The number of nitrogens with zero attached hydrogens (tertiary/aromatic N) is 2. The Kier molecular flexibility index (Phi) is 6.46. The number of benzene rings is 1. The van der Waals surface area contributed by atoms with Crippen LogP contribution >= 0.6 is 0 Å². The Hall–Kier alpha value is -1.69. The fourth-order valence-corrected chi connectivity index (χ4v) is 3.76. The molecule has 2 saturated heterocycles. The minimum atomic E-state index is -0.223. The van der Waals surface area contributed by atoms with Gasteiger partial charge in [-0.25, -0.2) is 0 Å². The highest BCUT2D eigenvalue weighted by Crippen LogP contribution is 2.38. The number of amides is 1. The van der Waals surface area contributed by atoms with Crippen LogP contribution in [0.4, 0.5) is 0 Å². The average molecular weight is 358 g/mol. The molecule has 5 nitrogen and oxygen atoms in total. The largest absolute Gasteiger partial charge is 0.372 e. The SMILES string of the molecule is CN(C)C/C=C/C(=O)N1CCC2(CCCO2)C(OCc2ccccc2)C1. The second kappa shape index (κ2) is 8.80. The van der Waals surface area contributed by atoms with Crippen LogP contribution in [0.3, 0.4) is 0 Å². The summed E-state index contributed by atoms with van der Waals surface area (Å²) in [6.45, 7) is 3.44. The molecule has 2 aliphatic rings. The first kappa shape index (κ1) is 19.1. The molecule has 142 valence electrons. The number of hydrogen-bond donors (Lipinski definition) is 0. The quantitative estimate of drug-likeness (QED) is 0.733. The number of piperidine rings is 1. The summed E-state index contributed by atoms with van der Waals surface area (Å²) in [5, 5.41) is 0. The van der Waals surface area contributed by atoms with Gasteiger partial charge in [0.05, 0.1) is 12.2 Å². The molecule has 5 heteroatoms. The lowest BCUT2D eigenvalue weighted by atomic mass is 9.85. The van der Waals surface area contributed by atoms with E-state index < -0.39 is 0 Å². The van der Waals surface area contributed by atoms with Gasteiger partial charge < -0.3 is 19.3 Å². The van der Waals surface area contributed by atoms with Crippen molar-refractivity contribution in [3.05, 3.63) is 48.0 Å². The molecule has 1 amide bonds. The van der Waals surface area contributed by atoms with Gasteiger partial charge in [-0.15, -0.1) is 0 Å². The maximum absolute atomic E-state index is 12.5. The summed E-state index contributed by atoms with van der Waals surface area (Å²) in [7, 11) is 3.98. The molecule has 1 aromatic rings. The van der Waals surface area contributed by atoms with Gasteiger partial charge in [0.2, 0.25) is 5.91 Å². The minimum Gasteiger partial charge on any atom is -0.372 e. The molecule has 1 spiro atoms. The molecule has 2 heterocycles. The van der Waals surface area contributed by atoms with Gasteiger partial charge >= 0.3 is 0 Å². The van der Waals surface area contributed by atoms with Crippen LogP contribution in [0.5, 0.6) is 0 Å². The van der Waals surface area contributed by atoms with Gasteiger partial charge in [-0.05, 0) is 38.9 Å². The zero-order chi connectivity index (χ0) is 18.4. The lowest BCUT2D eigenvalue weighted by Gasteiger charge is -2.44. The standard InChI is InChI=1S/C21H30N2O3/c1-22(2)13-6-10-20(24)23-14-12-21(11-7-15-26-21)19(16-23)25-17-18-8-4-3-5-9-18/h3-6,8-10,19H,7,11-17H2,1-2H3/b10-6+. The molecule has 0 N–H and O–H groups in total. The third kappa shape index (κ3) is 4.72. The van der Waals surface area contributed by atoms with Crippen LogP contribution in [0, 0.1) is 0 Å². The summed E-state index contributed by atoms with van der Waals surface area (Å²) in [5.74, 6) is 0.0630. The highest BCUT2D eigenvalue weighted by atomic mass is 16.6. The average Bonchev–Trinajstić information content (AvgIpc) is 3.10. The lowest BCUT2D eigenvalue weighted by Crippen LogP contribution is -2.57. The van der Waals surface area contributed by atoms with E-state index in [1.165, 1.54) is 0 Å². The van der Waals surface area contributed by atoms with E-state index >= 15 is 0 Å². The fourth-order valence-electron chi connectivity index (χ4n) is 3.76. The second-order valence-electron chi connectivity index (χ2n) is 7.50. The number of carbonyl (C=O) groups excluding carboxylic acids is 1. The molecule has 0 aliphatic carbocycles. The van der Waals surface area contributed by atoms with Crippen LogP contribution in [-0.4, -0.2) is 67.7 Å². The summed E-state index contributed by atoms with van der Waals surface area (Å²) in [4.78, 5) is 16.5. The normalized spacial score (nSPS) is 26.3. The van der Waals surface area contributed by atoms with Crippen LogP contribution in [-0.2, 0) is 20.9 Å². The van der Waals surface area contributed by atoms with Crippen LogP contribution in [0.1, 0.15) is 24.8 Å². The Morgan fingerprint density at radius 1 is 1.35 bits per heavy atom. The molecular formula is C21H30N2O3. The van der Waals surface area contributed by atoms with Gasteiger partial charge in [-0.2, -0.15) is 0 Å². The van der Waals surface area contributed by atoms with E-state index in [0.717, 1.165) is 44.5 Å². The summed E-state index contributed by atoms with van der Waals surface area (Å²) in [6.07, 6.45) is 6.46. The van der Waals surface area contributed by atoms with E-state index in [1.54, 1.807) is 6.08 Å². The first-order valence-electron chi connectivity index (χ1n) is 9.49. The zero-order valence-corrected chi connectivity index (χ0v) is 15.9. The van der Waals surface area contributed by atoms with Gasteiger partial charge in [0.25, 0.3) is 0 Å². The number of carbonyl (C=O) groups is 1. The monoisotopic (exact) mass is 358 g/mol. The Morgan fingerprint density at radius 2 is 2.15 bits per heavy atom. The van der Waals surface area contributed by atoms with Gasteiger partial charge in [-0.1, -0.05) is 36.4 Å². The van der Waals surface area contributed by atoms with E-state index in [-0.39, 0.29) is 17.6 Å². The third-order valence-corrected chi connectivity index (χ3v) is 5.25. The number of ether oxygens (including phenoxy) is 2. The Labute approximate surface area is 156 Å². The summed E-state index contributed by atoms with van der Waals surface area (Å²) in [5.41, 5.74) is 0.925. The fraction of sp³-hybridized carbons (Fsp3) is 0.571. The molecule has 0 aromatic heterocycles. The van der Waals surface area contributed by atoms with Gasteiger partial charge in [0, 0.05) is 32.3 Å². The van der Waals surface area contributed by atoms with E-state index in [0.29, 0.717) is 13.2 Å². The molecule has 2 aliphatic heterocycles. The Bertz CT molecular complexity index is 609. The summed E-state index contributed by atoms with van der Waals surface area (Å²) in [6, 6.07) is 10.2. The lowest BCUT2D eigenvalue weighted by molar-refractivity contribution is -0.165. The van der Waals surface area contributed by atoms with Crippen molar-refractivity contribution in [1.82, 2.24) is 9.80 Å². The summed E-state index contributed by atoms with van der Waals surface area (Å²) < 4.78 is 12.4. The molecule has 26 heavy (non-hydrogen) atoms. The van der Waals surface area contributed by atoms with Crippen molar-refractivity contribution < 1.29 is 14.3 Å². The Balaban J connectivity index is 1.64. The van der Waals surface area contributed by atoms with Crippen LogP contribution in [0.25, 0.3) is 0 Å². The predicted molar refractivity (Wildman–Crippen MR) is 102 cm³/mol. The molecule has 2 fully saturated rings. The van der Waals surface area contributed by atoms with Crippen molar-refractivity contribution in [3.8, 4) is 0 Å². The van der Waals surface area contributed by atoms with Gasteiger partial charge in [0.15, 0.2) is 0 Å². The number of likely N-dealkylation sites (tertiary alicyclic amines) is 1. The predicted octanol–water partition coefficient (Wildman–Crippen LogP) is 2.47. The zero-order valence-electron chi connectivity index (χ0n) is 15.9. The smallest absolute Gasteiger partial charge is 0.246 e. The third-order valence-electron chi connectivity index (χ3n) is 5.25. The Morgan fingerprint density at radius 3 is 2.85 bits per heavy atom. The van der Waals surface area contributed by atoms with Crippen molar-refractivity contribution in [2.45, 2.75) is 37.6 Å². The number of rotatable bonds is 6. The van der Waals surface area contributed by atoms with E-state index in [2.05, 4.69) is 12.1 Å². The topological polar surface area (TPSA) is 42.0 Å². The van der Waals surface area contributed by atoms with Gasteiger partial charge in [0.1, 0.15) is 6.10 Å². The number of hydrogen-bond acceptors (Lipinski definition) is 4. The van der Waals surface area contributed by atoms with Crippen molar-refractivity contribution in [2.75, 3.05) is 40.3 Å². The van der Waals surface area contributed by atoms with Crippen molar-refractivity contribution in [3.63, 3.8) is 0 Å². The maximum atomic E-state index is 12.5. The number of likely N-dealkylation sites (N-methyl/N-ethyl adjacent to an activating group) is 1. The molecular weight excluding hydrogens is 328 g/mol. The molecule has 0 radical (unpaired) electrons. The molecule has 0 saturated carbocycles. The van der Waals surface area contributed by atoms with Crippen LogP contribution in [0.2, 0.25) is 0 Å². The molecule has 2 atom stereocenters. The molecule has 1 aromatic carbocycles. The van der Waals surface area contributed by atoms with Crippen molar-refractivity contribution in [2.24, 2.45) is 0 Å². The first-order chi connectivity index (χ1) is 12.6. The van der Waals surface area contributed by atoms with E-state index in [1.807, 2.05) is 48.2 Å². The first-order valence-corrected chi connectivity index (χ1v) is 9.49. The minimum absolute atomic E-state index is 0.0630. The van der Waals surface area contributed by atoms with Crippen LogP contribution < -0.4 is 0 Å². The molecule has 0 bridgehead atoms.